The van der Waals surface area contributed by atoms with E-state index in [-0.39, 0.29) is 6.42 Å². The minimum atomic E-state index is -1.16. The van der Waals surface area contributed by atoms with E-state index in [0.717, 1.165) is 6.42 Å². The Morgan fingerprint density at radius 1 is 1.39 bits per heavy atom. The van der Waals surface area contributed by atoms with Gasteiger partial charge in [0, 0.05) is 19.3 Å². The smallest absolute Gasteiger partial charge is 0.302 e. The molecule has 0 spiro atoms. The first-order valence-electron chi connectivity index (χ1n) is 6.60. The standard InChI is InChI=1S/C14H20O4/c1-9(15)18-13(8-14(16)17)5-4-12-7-10-2-3-11(12)6-10/h2-3,10-13H,4-8H2,1H3,(H,16,17)/p-1. The zero-order chi connectivity index (χ0) is 13.1. The Bertz CT molecular complexity index is 345. The summed E-state index contributed by atoms with van der Waals surface area (Å²) < 4.78 is 5.02. The fourth-order valence-corrected chi connectivity index (χ4v) is 3.25. The van der Waals surface area contributed by atoms with Crippen molar-refractivity contribution in [2.24, 2.45) is 17.8 Å². The van der Waals surface area contributed by atoms with Gasteiger partial charge in [0.15, 0.2) is 0 Å². The molecule has 0 N–H and O–H groups in total. The van der Waals surface area contributed by atoms with E-state index in [2.05, 4.69) is 12.2 Å². The van der Waals surface area contributed by atoms with Gasteiger partial charge in [-0.1, -0.05) is 12.2 Å². The molecule has 0 saturated heterocycles. The largest absolute Gasteiger partial charge is 0.550 e. The number of ether oxygens (including phenoxy) is 1. The van der Waals surface area contributed by atoms with Gasteiger partial charge < -0.3 is 14.6 Å². The van der Waals surface area contributed by atoms with Crippen LogP contribution in [0.3, 0.4) is 0 Å². The van der Waals surface area contributed by atoms with Crippen molar-refractivity contribution in [1.29, 1.82) is 0 Å². The predicted octanol–water partition coefficient (Wildman–Crippen LogP) is 1.05. The van der Waals surface area contributed by atoms with Crippen LogP contribution in [-0.2, 0) is 14.3 Å². The monoisotopic (exact) mass is 251 g/mol. The minimum absolute atomic E-state index is 0.198. The second-order valence-electron chi connectivity index (χ2n) is 5.43. The number of carbonyl (C=O) groups is 2. The number of allylic oxidation sites excluding steroid dienone is 2. The molecule has 1 fully saturated rings. The van der Waals surface area contributed by atoms with E-state index in [0.29, 0.717) is 24.2 Å². The van der Waals surface area contributed by atoms with Crippen molar-refractivity contribution in [3.63, 3.8) is 0 Å². The Hall–Kier alpha value is -1.32. The molecule has 100 valence electrons. The Balaban J connectivity index is 1.79. The lowest BCUT2D eigenvalue weighted by atomic mass is 9.88. The highest BCUT2D eigenvalue weighted by Crippen LogP contribution is 2.45. The molecule has 2 bridgehead atoms. The van der Waals surface area contributed by atoms with E-state index in [1.807, 2.05) is 0 Å². The topological polar surface area (TPSA) is 66.4 Å². The van der Waals surface area contributed by atoms with E-state index in [9.17, 15) is 14.7 Å². The molecular formula is C14H19O4-. The van der Waals surface area contributed by atoms with Crippen molar-refractivity contribution in [2.75, 3.05) is 0 Å². The first-order chi connectivity index (χ1) is 8.54. The molecule has 0 heterocycles. The quantitative estimate of drug-likeness (QED) is 0.523. The van der Waals surface area contributed by atoms with Crippen LogP contribution in [0.1, 0.15) is 39.0 Å². The molecule has 0 aromatic rings. The summed E-state index contributed by atoms with van der Waals surface area (Å²) in [4.78, 5) is 21.5. The van der Waals surface area contributed by atoms with Crippen LogP contribution < -0.4 is 5.11 Å². The molecule has 4 nitrogen and oxygen atoms in total. The normalized spacial score (nSPS) is 30.4. The van der Waals surface area contributed by atoms with Crippen LogP contribution in [-0.4, -0.2) is 18.0 Å². The molecule has 2 aliphatic rings. The van der Waals surface area contributed by atoms with Crippen molar-refractivity contribution in [1.82, 2.24) is 0 Å². The number of fused-ring (bicyclic) bond motifs is 2. The fraction of sp³-hybridized carbons (Fsp3) is 0.714. The molecule has 0 amide bonds. The van der Waals surface area contributed by atoms with Gasteiger partial charge >= 0.3 is 5.97 Å². The second-order valence-corrected chi connectivity index (χ2v) is 5.43. The Labute approximate surface area is 107 Å². The maximum atomic E-state index is 10.9. The number of hydrogen-bond donors (Lipinski definition) is 0. The number of aliphatic carboxylic acids is 1. The molecule has 0 aromatic carbocycles. The van der Waals surface area contributed by atoms with Gasteiger partial charge in [-0.05, 0) is 43.4 Å². The summed E-state index contributed by atoms with van der Waals surface area (Å²) in [5.74, 6) is 0.409. The third-order valence-electron chi connectivity index (χ3n) is 4.00. The number of carbonyl (C=O) groups excluding carboxylic acids is 2. The van der Waals surface area contributed by atoms with Crippen LogP contribution in [0.5, 0.6) is 0 Å². The maximum absolute atomic E-state index is 10.9. The summed E-state index contributed by atoms with van der Waals surface area (Å²) in [7, 11) is 0. The summed E-state index contributed by atoms with van der Waals surface area (Å²) in [6.07, 6.45) is 7.81. The highest BCUT2D eigenvalue weighted by Gasteiger charge is 2.35. The van der Waals surface area contributed by atoms with Crippen LogP contribution in [0.4, 0.5) is 0 Å². The average molecular weight is 251 g/mol. The molecule has 2 rings (SSSR count). The zero-order valence-electron chi connectivity index (χ0n) is 10.6. The molecule has 2 aliphatic carbocycles. The molecule has 18 heavy (non-hydrogen) atoms. The summed E-state index contributed by atoms with van der Waals surface area (Å²) in [5.41, 5.74) is 0. The maximum Gasteiger partial charge on any atom is 0.302 e. The molecule has 4 heteroatoms. The summed E-state index contributed by atoms with van der Waals surface area (Å²) in [5, 5.41) is 10.6. The van der Waals surface area contributed by atoms with E-state index in [1.165, 1.54) is 19.8 Å². The number of hydrogen-bond acceptors (Lipinski definition) is 4. The third kappa shape index (κ3) is 3.34. The second kappa shape index (κ2) is 5.55. The van der Waals surface area contributed by atoms with Crippen molar-refractivity contribution < 1.29 is 19.4 Å². The number of carboxylic acid groups (broad SMARTS) is 1. The van der Waals surface area contributed by atoms with E-state index in [1.54, 1.807) is 0 Å². The highest BCUT2D eigenvalue weighted by atomic mass is 16.5. The van der Waals surface area contributed by atoms with E-state index >= 15 is 0 Å². The lowest BCUT2D eigenvalue weighted by Crippen LogP contribution is -2.30. The van der Waals surface area contributed by atoms with Crippen LogP contribution >= 0.6 is 0 Å². The molecule has 0 aromatic heterocycles. The lowest BCUT2D eigenvalue weighted by molar-refractivity contribution is -0.307. The van der Waals surface area contributed by atoms with E-state index < -0.39 is 18.0 Å². The first-order valence-corrected chi connectivity index (χ1v) is 6.60. The molecule has 4 atom stereocenters. The van der Waals surface area contributed by atoms with Crippen LogP contribution in [0.15, 0.2) is 12.2 Å². The lowest BCUT2D eigenvalue weighted by Gasteiger charge is -2.22. The SMILES string of the molecule is CC(=O)OC(CCC1CC2C=CC1C2)CC(=O)[O-]. The van der Waals surface area contributed by atoms with Gasteiger partial charge in [-0.2, -0.15) is 0 Å². The van der Waals surface area contributed by atoms with Crippen molar-refractivity contribution in [3.05, 3.63) is 12.2 Å². The van der Waals surface area contributed by atoms with Gasteiger partial charge in [0.1, 0.15) is 6.10 Å². The third-order valence-corrected chi connectivity index (χ3v) is 4.00. The molecule has 1 saturated carbocycles. The van der Waals surface area contributed by atoms with Crippen molar-refractivity contribution in [3.8, 4) is 0 Å². The van der Waals surface area contributed by atoms with Gasteiger partial charge in [-0.3, -0.25) is 4.79 Å². The van der Waals surface area contributed by atoms with Gasteiger partial charge in [-0.15, -0.1) is 0 Å². The van der Waals surface area contributed by atoms with Crippen molar-refractivity contribution >= 4 is 11.9 Å². The van der Waals surface area contributed by atoms with Crippen LogP contribution in [0.2, 0.25) is 0 Å². The Kier molecular flexibility index (Phi) is 4.04. The van der Waals surface area contributed by atoms with Gasteiger partial charge in [0.05, 0.1) is 0 Å². The molecular weight excluding hydrogens is 232 g/mol. The van der Waals surface area contributed by atoms with Gasteiger partial charge in [-0.25, -0.2) is 0 Å². The summed E-state index contributed by atoms with van der Waals surface area (Å²) in [6, 6.07) is 0. The summed E-state index contributed by atoms with van der Waals surface area (Å²) >= 11 is 0. The first kappa shape index (κ1) is 13.1. The van der Waals surface area contributed by atoms with Crippen LogP contribution in [0, 0.1) is 17.8 Å². The molecule has 0 aliphatic heterocycles. The summed E-state index contributed by atoms with van der Waals surface area (Å²) in [6.45, 7) is 1.31. The zero-order valence-corrected chi connectivity index (χ0v) is 10.6. The molecule has 4 unspecified atom stereocenters. The Morgan fingerprint density at radius 2 is 2.17 bits per heavy atom. The number of carboxylic acids is 1. The van der Waals surface area contributed by atoms with Gasteiger partial charge in [0.2, 0.25) is 0 Å². The fourth-order valence-electron chi connectivity index (χ4n) is 3.25. The van der Waals surface area contributed by atoms with Crippen LogP contribution in [0.25, 0.3) is 0 Å². The predicted molar refractivity (Wildman–Crippen MR) is 63.3 cm³/mol. The number of rotatable bonds is 6. The van der Waals surface area contributed by atoms with E-state index in [4.69, 9.17) is 4.74 Å². The van der Waals surface area contributed by atoms with Gasteiger partial charge in [0.25, 0.3) is 0 Å². The molecule has 0 radical (unpaired) electrons. The highest BCUT2D eigenvalue weighted by molar-refractivity contribution is 5.68. The minimum Gasteiger partial charge on any atom is -0.550 e. The average Bonchev–Trinajstić information content (AvgIpc) is 2.85. The Morgan fingerprint density at radius 3 is 2.67 bits per heavy atom. The van der Waals surface area contributed by atoms with Crippen molar-refractivity contribution in [2.45, 2.75) is 45.1 Å². The number of esters is 1.